The van der Waals surface area contributed by atoms with Crippen LogP contribution in [0.4, 0.5) is 0 Å². The molecule has 0 bridgehead atoms. The zero-order valence-electron chi connectivity index (χ0n) is 11.5. The minimum atomic E-state index is -0.695. The highest BCUT2D eigenvalue weighted by atomic mass is 16.5. The normalized spacial score (nSPS) is 14.1. The van der Waals surface area contributed by atoms with Crippen LogP contribution in [0.25, 0.3) is 0 Å². The number of hydrogen-bond donors (Lipinski definition) is 1. The second kappa shape index (κ2) is 7.24. The van der Waals surface area contributed by atoms with Crippen LogP contribution >= 0.6 is 0 Å². The zero-order valence-corrected chi connectivity index (χ0v) is 11.5. The lowest BCUT2D eigenvalue weighted by atomic mass is 10.1. The predicted octanol–water partition coefficient (Wildman–Crippen LogP) is 2.55. The smallest absolute Gasteiger partial charge is 0.128 e. The first-order valence-electron chi connectivity index (χ1n) is 6.13. The van der Waals surface area contributed by atoms with E-state index >= 15 is 0 Å². The molecule has 1 N–H and O–H groups in total. The molecule has 0 amide bonds. The van der Waals surface area contributed by atoms with Gasteiger partial charge in [0.1, 0.15) is 17.6 Å². The van der Waals surface area contributed by atoms with E-state index in [1.54, 1.807) is 32.4 Å². The van der Waals surface area contributed by atoms with Crippen molar-refractivity contribution < 1.29 is 19.3 Å². The van der Waals surface area contributed by atoms with Crippen molar-refractivity contribution in [1.29, 1.82) is 0 Å². The van der Waals surface area contributed by atoms with Crippen LogP contribution in [0.2, 0.25) is 0 Å². The molecule has 0 aliphatic carbocycles. The Morgan fingerprint density at radius 1 is 1.22 bits per heavy atom. The van der Waals surface area contributed by atoms with Gasteiger partial charge in [0.05, 0.1) is 26.9 Å². The summed E-state index contributed by atoms with van der Waals surface area (Å²) in [7, 11) is 3.16. The molecule has 0 heterocycles. The van der Waals surface area contributed by atoms with Crippen LogP contribution in [0.5, 0.6) is 11.5 Å². The lowest BCUT2D eigenvalue weighted by Gasteiger charge is -2.18. The SMILES string of the molecule is CCC(C)OCC(O)c1ccc(OC)cc1OC. The summed E-state index contributed by atoms with van der Waals surface area (Å²) < 4.78 is 15.9. The highest BCUT2D eigenvalue weighted by Gasteiger charge is 2.15. The first-order valence-corrected chi connectivity index (χ1v) is 6.13. The highest BCUT2D eigenvalue weighted by molar-refractivity contribution is 5.41. The van der Waals surface area contributed by atoms with Gasteiger partial charge in [0.25, 0.3) is 0 Å². The van der Waals surface area contributed by atoms with Gasteiger partial charge < -0.3 is 19.3 Å². The Labute approximate surface area is 108 Å². The van der Waals surface area contributed by atoms with Crippen molar-refractivity contribution in [3.8, 4) is 11.5 Å². The summed E-state index contributed by atoms with van der Waals surface area (Å²) in [6, 6.07) is 5.34. The summed E-state index contributed by atoms with van der Waals surface area (Å²) in [5.74, 6) is 1.31. The van der Waals surface area contributed by atoms with Crippen molar-refractivity contribution in [3.63, 3.8) is 0 Å². The molecule has 18 heavy (non-hydrogen) atoms. The number of hydrogen-bond acceptors (Lipinski definition) is 4. The van der Waals surface area contributed by atoms with Gasteiger partial charge in [-0.3, -0.25) is 0 Å². The third-order valence-electron chi connectivity index (χ3n) is 2.91. The van der Waals surface area contributed by atoms with E-state index in [4.69, 9.17) is 14.2 Å². The van der Waals surface area contributed by atoms with Gasteiger partial charge in [-0.2, -0.15) is 0 Å². The van der Waals surface area contributed by atoms with E-state index < -0.39 is 6.10 Å². The van der Waals surface area contributed by atoms with E-state index in [2.05, 4.69) is 0 Å². The first-order chi connectivity index (χ1) is 8.62. The summed E-state index contributed by atoms with van der Waals surface area (Å²) in [6.45, 7) is 4.29. The van der Waals surface area contributed by atoms with Crippen LogP contribution in [0.15, 0.2) is 18.2 Å². The molecule has 0 aromatic heterocycles. The van der Waals surface area contributed by atoms with E-state index in [1.807, 2.05) is 13.8 Å². The van der Waals surface area contributed by atoms with Crippen molar-refractivity contribution >= 4 is 0 Å². The van der Waals surface area contributed by atoms with Crippen molar-refractivity contribution in [1.82, 2.24) is 0 Å². The maximum Gasteiger partial charge on any atom is 0.128 e. The van der Waals surface area contributed by atoms with E-state index in [9.17, 15) is 5.11 Å². The summed E-state index contributed by atoms with van der Waals surface area (Å²) in [5.41, 5.74) is 0.710. The van der Waals surface area contributed by atoms with E-state index in [-0.39, 0.29) is 12.7 Å². The Morgan fingerprint density at radius 3 is 2.50 bits per heavy atom. The zero-order chi connectivity index (χ0) is 13.5. The van der Waals surface area contributed by atoms with Crippen molar-refractivity contribution in [2.45, 2.75) is 32.5 Å². The van der Waals surface area contributed by atoms with Crippen molar-refractivity contribution in [2.24, 2.45) is 0 Å². The van der Waals surface area contributed by atoms with Gasteiger partial charge in [-0.15, -0.1) is 0 Å². The fraction of sp³-hybridized carbons (Fsp3) is 0.571. The minimum Gasteiger partial charge on any atom is -0.497 e. The maximum atomic E-state index is 10.1. The van der Waals surface area contributed by atoms with Gasteiger partial charge in [-0.05, 0) is 25.5 Å². The second-order valence-electron chi connectivity index (χ2n) is 4.18. The van der Waals surface area contributed by atoms with E-state index in [1.165, 1.54) is 0 Å². The molecular formula is C14H22O4. The fourth-order valence-corrected chi connectivity index (χ4v) is 1.56. The molecule has 102 valence electrons. The van der Waals surface area contributed by atoms with Crippen LogP contribution in [0.1, 0.15) is 31.9 Å². The number of ether oxygens (including phenoxy) is 3. The third kappa shape index (κ3) is 3.89. The van der Waals surface area contributed by atoms with Crippen LogP contribution in [-0.4, -0.2) is 32.0 Å². The van der Waals surface area contributed by atoms with Gasteiger partial charge >= 0.3 is 0 Å². The topological polar surface area (TPSA) is 47.9 Å². The number of rotatable bonds is 7. The Hall–Kier alpha value is -1.26. The van der Waals surface area contributed by atoms with Crippen molar-refractivity contribution in [3.05, 3.63) is 23.8 Å². The molecular weight excluding hydrogens is 232 g/mol. The summed E-state index contributed by atoms with van der Waals surface area (Å²) >= 11 is 0. The standard InChI is InChI=1S/C14H22O4/c1-5-10(2)18-9-13(15)12-7-6-11(16-3)8-14(12)17-4/h6-8,10,13,15H,5,9H2,1-4H3. The van der Waals surface area contributed by atoms with Gasteiger partial charge in [-0.25, -0.2) is 0 Å². The fourth-order valence-electron chi connectivity index (χ4n) is 1.56. The molecule has 1 aromatic carbocycles. The van der Waals surface area contributed by atoms with E-state index in [0.29, 0.717) is 17.1 Å². The van der Waals surface area contributed by atoms with Crippen LogP contribution in [-0.2, 0) is 4.74 Å². The number of aliphatic hydroxyl groups is 1. The average molecular weight is 254 g/mol. The second-order valence-corrected chi connectivity index (χ2v) is 4.18. The van der Waals surface area contributed by atoms with Crippen LogP contribution in [0.3, 0.4) is 0 Å². The summed E-state index contributed by atoms with van der Waals surface area (Å²) in [6.07, 6.45) is 0.371. The first kappa shape index (κ1) is 14.8. The highest BCUT2D eigenvalue weighted by Crippen LogP contribution is 2.29. The molecule has 1 aromatic rings. The maximum absolute atomic E-state index is 10.1. The molecule has 0 saturated carbocycles. The summed E-state index contributed by atoms with van der Waals surface area (Å²) in [4.78, 5) is 0. The monoisotopic (exact) mass is 254 g/mol. The number of aliphatic hydroxyl groups excluding tert-OH is 1. The molecule has 0 spiro atoms. The van der Waals surface area contributed by atoms with Gasteiger partial charge in [0.15, 0.2) is 0 Å². The molecule has 2 atom stereocenters. The molecule has 1 rings (SSSR count). The van der Waals surface area contributed by atoms with Gasteiger partial charge in [0, 0.05) is 11.6 Å². The Balaban J connectivity index is 2.75. The number of benzene rings is 1. The lowest BCUT2D eigenvalue weighted by molar-refractivity contribution is -0.00452. The van der Waals surface area contributed by atoms with Crippen LogP contribution < -0.4 is 9.47 Å². The van der Waals surface area contributed by atoms with E-state index in [0.717, 1.165) is 6.42 Å². The molecule has 4 heteroatoms. The van der Waals surface area contributed by atoms with Gasteiger partial charge in [-0.1, -0.05) is 6.92 Å². The molecule has 0 radical (unpaired) electrons. The minimum absolute atomic E-state index is 0.142. The quantitative estimate of drug-likeness (QED) is 0.812. The molecule has 0 aliphatic rings. The molecule has 0 aliphatic heterocycles. The Bertz CT molecular complexity index is 365. The molecule has 0 saturated heterocycles. The lowest BCUT2D eigenvalue weighted by Crippen LogP contribution is -2.14. The largest absolute Gasteiger partial charge is 0.497 e. The molecule has 4 nitrogen and oxygen atoms in total. The van der Waals surface area contributed by atoms with Crippen LogP contribution in [0, 0.1) is 0 Å². The Morgan fingerprint density at radius 2 is 1.94 bits per heavy atom. The number of methoxy groups -OCH3 is 2. The predicted molar refractivity (Wildman–Crippen MR) is 70.2 cm³/mol. The Kier molecular flexibility index (Phi) is 5.95. The van der Waals surface area contributed by atoms with Gasteiger partial charge in [0.2, 0.25) is 0 Å². The van der Waals surface area contributed by atoms with Crippen molar-refractivity contribution in [2.75, 3.05) is 20.8 Å². The molecule has 0 fully saturated rings. The average Bonchev–Trinajstić information content (AvgIpc) is 2.43. The summed E-state index contributed by atoms with van der Waals surface area (Å²) in [5, 5.41) is 10.1. The third-order valence-corrected chi connectivity index (χ3v) is 2.91. The molecule has 2 unspecified atom stereocenters.